The lowest BCUT2D eigenvalue weighted by atomic mass is 10.1. The average Bonchev–Trinajstić information content (AvgIpc) is 2.82. The first-order chi connectivity index (χ1) is 9.11. The monoisotopic (exact) mass is 295 g/mol. The number of aryl methyl sites for hydroxylation is 2. The zero-order valence-electron chi connectivity index (χ0n) is 11.5. The van der Waals surface area contributed by atoms with Crippen LogP contribution in [-0.4, -0.2) is 28.5 Å². The van der Waals surface area contributed by atoms with Crippen molar-refractivity contribution in [1.29, 1.82) is 0 Å². The first kappa shape index (κ1) is 14.6. The molecule has 0 aliphatic heterocycles. The molecule has 3 nitrogen and oxygen atoms in total. The van der Waals surface area contributed by atoms with Gasteiger partial charge in [0.1, 0.15) is 10.8 Å². The van der Waals surface area contributed by atoms with Crippen LogP contribution in [0.1, 0.15) is 30.2 Å². The van der Waals surface area contributed by atoms with E-state index in [4.69, 9.17) is 22.9 Å². The maximum atomic E-state index is 5.82. The average molecular weight is 295 g/mol. The van der Waals surface area contributed by atoms with Crippen molar-refractivity contribution in [2.75, 3.05) is 23.9 Å². The Bertz CT molecular complexity index is 474. The van der Waals surface area contributed by atoms with Crippen LogP contribution in [0.2, 0.25) is 0 Å². The SMILES string of the molecule is CSCC(C)CNc1nc2c(cc1C(N)=S)CCC2. The van der Waals surface area contributed by atoms with E-state index in [1.807, 2.05) is 11.8 Å². The Labute approximate surface area is 124 Å². The minimum absolute atomic E-state index is 0.433. The van der Waals surface area contributed by atoms with Gasteiger partial charge >= 0.3 is 0 Å². The summed E-state index contributed by atoms with van der Waals surface area (Å²) in [4.78, 5) is 5.15. The highest BCUT2D eigenvalue weighted by molar-refractivity contribution is 7.98. The molecule has 0 amide bonds. The van der Waals surface area contributed by atoms with Gasteiger partial charge in [0.25, 0.3) is 0 Å². The third-order valence-electron chi connectivity index (χ3n) is 3.39. The summed E-state index contributed by atoms with van der Waals surface area (Å²) in [6.45, 7) is 3.14. The van der Waals surface area contributed by atoms with Gasteiger partial charge in [0.15, 0.2) is 0 Å². The summed E-state index contributed by atoms with van der Waals surface area (Å²) in [6, 6.07) is 2.12. The molecule has 1 aliphatic rings. The molecule has 3 N–H and O–H groups in total. The van der Waals surface area contributed by atoms with E-state index in [2.05, 4.69) is 24.6 Å². The molecule has 0 radical (unpaired) electrons. The van der Waals surface area contributed by atoms with E-state index in [9.17, 15) is 0 Å². The predicted molar refractivity (Wildman–Crippen MR) is 88.2 cm³/mol. The van der Waals surface area contributed by atoms with Crippen LogP contribution in [0.5, 0.6) is 0 Å². The molecule has 1 aromatic heterocycles. The highest BCUT2D eigenvalue weighted by Gasteiger charge is 2.17. The van der Waals surface area contributed by atoms with E-state index >= 15 is 0 Å². The molecule has 0 spiro atoms. The molecule has 0 bridgehead atoms. The number of aromatic nitrogens is 1. The van der Waals surface area contributed by atoms with Crippen molar-refractivity contribution in [2.24, 2.45) is 11.7 Å². The topological polar surface area (TPSA) is 50.9 Å². The number of nitrogens with zero attached hydrogens (tertiary/aromatic N) is 1. The number of nitrogens with two attached hydrogens (primary N) is 1. The van der Waals surface area contributed by atoms with Crippen LogP contribution in [0.4, 0.5) is 5.82 Å². The maximum absolute atomic E-state index is 5.82. The van der Waals surface area contributed by atoms with Crippen molar-refractivity contribution in [1.82, 2.24) is 4.98 Å². The Balaban J connectivity index is 2.16. The van der Waals surface area contributed by atoms with E-state index in [0.717, 1.165) is 36.5 Å². The Morgan fingerprint density at radius 3 is 3.05 bits per heavy atom. The fourth-order valence-electron chi connectivity index (χ4n) is 2.41. The van der Waals surface area contributed by atoms with E-state index in [0.29, 0.717) is 10.9 Å². The van der Waals surface area contributed by atoms with Gasteiger partial charge in [-0.3, -0.25) is 0 Å². The standard InChI is InChI=1S/C14H21N3S2/c1-9(8-19-2)7-16-14-11(13(15)18)6-10-4-3-5-12(10)17-14/h6,9H,3-5,7-8H2,1-2H3,(H2,15,18)(H,16,17). The second-order valence-corrected chi connectivity index (χ2v) is 6.50. The number of pyridine rings is 1. The summed E-state index contributed by atoms with van der Waals surface area (Å²) in [5.74, 6) is 2.60. The Morgan fingerprint density at radius 1 is 1.58 bits per heavy atom. The number of hydrogen-bond donors (Lipinski definition) is 2. The quantitative estimate of drug-likeness (QED) is 0.790. The van der Waals surface area contributed by atoms with E-state index < -0.39 is 0 Å². The van der Waals surface area contributed by atoms with Crippen molar-refractivity contribution in [2.45, 2.75) is 26.2 Å². The molecule has 1 aliphatic carbocycles. The van der Waals surface area contributed by atoms with Crippen molar-refractivity contribution >= 4 is 34.8 Å². The lowest BCUT2D eigenvalue weighted by Crippen LogP contribution is -2.19. The largest absolute Gasteiger partial charge is 0.389 e. The summed E-state index contributed by atoms with van der Waals surface area (Å²) in [6.07, 6.45) is 5.49. The summed E-state index contributed by atoms with van der Waals surface area (Å²) >= 11 is 7.01. The maximum Gasteiger partial charge on any atom is 0.136 e. The number of hydrogen-bond acceptors (Lipinski definition) is 4. The molecule has 1 heterocycles. The van der Waals surface area contributed by atoms with Crippen molar-refractivity contribution < 1.29 is 0 Å². The molecule has 1 aromatic rings. The number of anilines is 1. The lowest BCUT2D eigenvalue weighted by molar-refractivity contribution is 0.699. The van der Waals surface area contributed by atoms with Gasteiger partial charge in [0.2, 0.25) is 0 Å². The van der Waals surface area contributed by atoms with Gasteiger partial charge in [-0.15, -0.1) is 0 Å². The normalized spacial score (nSPS) is 15.1. The van der Waals surface area contributed by atoms with Gasteiger partial charge in [0.05, 0.1) is 5.56 Å². The molecule has 2 rings (SSSR count). The summed E-state index contributed by atoms with van der Waals surface area (Å²) in [5, 5.41) is 3.42. The summed E-state index contributed by atoms with van der Waals surface area (Å²) in [5.41, 5.74) is 9.24. The highest BCUT2D eigenvalue weighted by Crippen LogP contribution is 2.25. The number of fused-ring (bicyclic) bond motifs is 1. The van der Waals surface area contributed by atoms with Gasteiger partial charge in [-0.1, -0.05) is 19.1 Å². The molecule has 1 unspecified atom stereocenters. The van der Waals surface area contributed by atoms with Gasteiger partial charge in [-0.05, 0) is 48.8 Å². The zero-order valence-corrected chi connectivity index (χ0v) is 13.2. The summed E-state index contributed by atoms with van der Waals surface area (Å²) < 4.78 is 0. The minimum atomic E-state index is 0.433. The molecule has 19 heavy (non-hydrogen) atoms. The van der Waals surface area contributed by atoms with Crippen LogP contribution in [-0.2, 0) is 12.8 Å². The molecule has 0 fully saturated rings. The molecule has 0 saturated heterocycles. The van der Waals surface area contributed by atoms with Crippen LogP contribution in [0.15, 0.2) is 6.07 Å². The Morgan fingerprint density at radius 2 is 2.37 bits per heavy atom. The van der Waals surface area contributed by atoms with Crippen molar-refractivity contribution in [3.05, 3.63) is 22.9 Å². The number of thiocarbonyl (C=S) groups is 1. The van der Waals surface area contributed by atoms with Crippen molar-refractivity contribution in [3.63, 3.8) is 0 Å². The van der Waals surface area contributed by atoms with E-state index in [1.165, 1.54) is 17.7 Å². The lowest BCUT2D eigenvalue weighted by Gasteiger charge is -2.15. The Hall–Kier alpha value is -0.810. The highest BCUT2D eigenvalue weighted by atomic mass is 32.2. The van der Waals surface area contributed by atoms with E-state index in [1.54, 1.807) is 0 Å². The van der Waals surface area contributed by atoms with Crippen LogP contribution < -0.4 is 11.1 Å². The van der Waals surface area contributed by atoms with Crippen LogP contribution in [0.3, 0.4) is 0 Å². The molecule has 5 heteroatoms. The fourth-order valence-corrected chi connectivity index (χ4v) is 3.25. The first-order valence-electron chi connectivity index (χ1n) is 6.67. The predicted octanol–water partition coefficient (Wildman–Crippen LogP) is 2.62. The molecular weight excluding hydrogens is 274 g/mol. The molecule has 104 valence electrons. The number of nitrogens with one attached hydrogen (secondary N) is 1. The summed E-state index contributed by atoms with van der Waals surface area (Å²) in [7, 11) is 0. The van der Waals surface area contributed by atoms with Crippen LogP contribution in [0.25, 0.3) is 0 Å². The molecule has 1 atom stereocenters. The molecule has 0 aromatic carbocycles. The van der Waals surface area contributed by atoms with Gasteiger partial charge in [0, 0.05) is 12.2 Å². The van der Waals surface area contributed by atoms with Gasteiger partial charge in [-0.2, -0.15) is 11.8 Å². The smallest absolute Gasteiger partial charge is 0.136 e. The second kappa shape index (κ2) is 6.57. The fraction of sp³-hybridized carbons (Fsp3) is 0.571. The number of thioether (sulfide) groups is 1. The second-order valence-electron chi connectivity index (χ2n) is 5.15. The van der Waals surface area contributed by atoms with E-state index in [-0.39, 0.29) is 0 Å². The first-order valence-corrected chi connectivity index (χ1v) is 8.47. The minimum Gasteiger partial charge on any atom is -0.389 e. The van der Waals surface area contributed by atoms with Crippen molar-refractivity contribution in [3.8, 4) is 0 Å². The van der Waals surface area contributed by atoms with Gasteiger partial charge < -0.3 is 11.1 Å². The zero-order chi connectivity index (χ0) is 13.8. The van der Waals surface area contributed by atoms with Crippen LogP contribution >= 0.6 is 24.0 Å². The van der Waals surface area contributed by atoms with Gasteiger partial charge in [-0.25, -0.2) is 4.98 Å². The van der Waals surface area contributed by atoms with Crippen LogP contribution in [0, 0.1) is 5.92 Å². The molecular formula is C14H21N3S2. The third kappa shape index (κ3) is 3.60. The third-order valence-corrected chi connectivity index (χ3v) is 4.51. The molecule has 0 saturated carbocycles. The Kier molecular flexibility index (Phi) is 5.05. The number of rotatable bonds is 6.